The van der Waals surface area contributed by atoms with Crippen molar-refractivity contribution in [2.24, 2.45) is 0 Å². The van der Waals surface area contributed by atoms with E-state index in [9.17, 15) is 0 Å². The summed E-state index contributed by atoms with van der Waals surface area (Å²) in [6.45, 7) is 1.43. The summed E-state index contributed by atoms with van der Waals surface area (Å²) >= 11 is 5.51. The lowest BCUT2D eigenvalue weighted by molar-refractivity contribution is 0.138. The van der Waals surface area contributed by atoms with Crippen LogP contribution in [0.1, 0.15) is 12.0 Å². The van der Waals surface area contributed by atoms with Gasteiger partial charge < -0.3 is 9.84 Å². The van der Waals surface area contributed by atoms with Crippen molar-refractivity contribution >= 4 is 11.6 Å². The number of phenols is 1. The maximum atomic E-state index is 9.05. The van der Waals surface area contributed by atoms with E-state index < -0.39 is 0 Å². The van der Waals surface area contributed by atoms with Crippen LogP contribution in [0.15, 0.2) is 24.3 Å². The van der Waals surface area contributed by atoms with Crippen LogP contribution in [0.25, 0.3) is 0 Å². The van der Waals surface area contributed by atoms with Crippen LogP contribution in [0, 0.1) is 0 Å². The second kappa shape index (κ2) is 6.68. The lowest BCUT2D eigenvalue weighted by Crippen LogP contribution is -2.00. The van der Waals surface area contributed by atoms with Gasteiger partial charge in [-0.1, -0.05) is 12.1 Å². The number of benzene rings is 1. The maximum Gasteiger partial charge on any atom is 0.115 e. The van der Waals surface area contributed by atoms with Gasteiger partial charge >= 0.3 is 0 Å². The zero-order valence-electron chi connectivity index (χ0n) is 8.08. The molecule has 1 aromatic carbocycles. The molecule has 1 aromatic rings. The van der Waals surface area contributed by atoms with Gasteiger partial charge in [0.2, 0.25) is 0 Å². The first-order chi connectivity index (χ1) is 6.83. The second-order valence-electron chi connectivity index (χ2n) is 3.07. The largest absolute Gasteiger partial charge is 0.508 e. The fourth-order valence-electron chi connectivity index (χ4n) is 1.11. The summed E-state index contributed by atoms with van der Waals surface area (Å²) in [4.78, 5) is 0. The Morgan fingerprint density at radius 3 is 2.50 bits per heavy atom. The van der Waals surface area contributed by atoms with E-state index in [4.69, 9.17) is 21.4 Å². The van der Waals surface area contributed by atoms with Crippen molar-refractivity contribution in [3.63, 3.8) is 0 Å². The first-order valence-corrected chi connectivity index (χ1v) is 5.28. The lowest BCUT2D eigenvalue weighted by atomic mass is 10.1. The summed E-state index contributed by atoms with van der Waals surface area (Å²) < 4.78 is 5.36. The highest BCUT2D eigenvalue weighted by molar-refractivity contribution is 6.17. The van der Waals surface area contributed by atoms with Crippen LogP contribution in [-0.2, 0) is 11.2 Å². The topological polar surface area (TPSA) is 29.5 Å². The molecule has 0 aliphatic rings. The lowest BCUT2D eigenvalue weighted by Gasteiger charge is -2.03. The molecule has 0 saturated heterocycles. The van der Waals surface area contributed by atoms with Crippen molar-refractivity contribution in [1.29, 1.82) is 0 Å². The number of phenolic OH excluding ortho intramolecular Hbond substituents is 1. The molecule has 1 N–H and O–H groups in total. The number of aromatic hydroxyl groups is 1. The van der Waals surface area contributed by atoms with Gasteiger partial charge in [-0.2, -0.15) is 0 Å². The van der Waals surface area contributed by atoms with Crippen LogP contribution in [0.3, 0.4) is 0 Å². The van der Waals surface area contributed by atoms with E-state index >= 15 is 0 Å². The van der Waals surface area contributed by atoms with Gasteiger partial charge in [-0.05, 0) is 30.5 Å². The van der Waals surface area contributed by atoms with Gasteiger partial charge in [0.15, 0.2) is 0 Å². The molecular formula is C11H15ClO2. The molecule has 78 valence electrons. The standard InChI is InChI=1S/C11H15ClO2/c12-7-1-8-14-9-6-10-2-4-11(13)5-3-10/h2-5,13H,1,6-9H2. The van der Waals surface area contributed by atoms with Crippen molar-refractivity contribution in [2.75, 3.05) is 19.1 Å². The normalized spacial score (nSPS) is 10.4. The van der Waals surface area contributed by atoms with E-state index in [2.05, 4.69) is 0 Å². The minimum absolute atomic E-state index is 0.303. The molecule has 3 heteroatoms. The fourth-order valence-corrected chi connectivity index (χ4v) is 1.22. The Morgan fingerprint density at radius 2 is 1.86 bits per heavy atom. The first-order valence-electron chi connectivity index (χ1n) is 4.74. The smallest absolute Gasteiger partial charge is 0.115 e. The van der Waals surface area contributed by atoms with E-state index in [1.165, 1.54) is 5.56 Å². The average molecular weight is 215 g/mol. The highest BCUT2D eigenvalue weighted by Crippen LogP contribution is 2.09. The van der Waals surface area contributed by atoms with Crippen molar-refractivity contribution in [2.45, 2.75) is 12.8 Å². The average Bonchev–Trinajstić information content (AvgIpc) is 2.21. The summed E-state index contributed by atoms with van der Waals surface area (Å²) in [5.74, 6) is 0.955. The summed E-state index contributed by atoms with van der Waals surface area (Å²) in [6, 6.07) is 7.18. The fraction of sp³-hybridized carbons (Fsp3) is 0.455. The Kier molecular flexibility index (Phi) is 5.42. The van der Waals surface area contributed by atoms with Crippen LogP contribution in [0.2, 0.25) is 0 Å². The summed E-state index contributed by atoms with van der Waals surface area (Å²) in [5, 5.41) is 9.05. The number of ether oxygens (including phenoxy) is 1. The SMILES string of the molecule is Oc1ccc(CCOCCCCl)cc1. The molecule has 0 spiro atoms. The van der Waals surface area contributed by atoms with E-state index in [1.54, 1.807) is 12.1 Å². The Hall–Kier alpha value is -0.730. The van der Waals surface area contributed by atoms with E-state index in [0.29, 0.717) is 18.2 Å². The van der Waals surface area contributed by atoms with E-state index in [-0.39, 0.29) is 0 Å². The zero-order chi connectivity index (χ0) is 10.2. The Morgan fingerprint density at radius 1 is 1.14 bits per heavy atom. The molecular weight excluding hydrogens is 200 g/mol. The van der Waals surface area contributed by atoms with Crippen LogP contribution in [0.4, 0.5) is 0 Å². The summed E-state index contributed by atoms with van der Waals surface area (Å²) in [5.41, 5.74) is 1.17. The van der Waals surface area contributed by atoms with Gasteiger partial charge in [0.1, 0.15) is 5.75 Å². The number of hydrogen-bond acceptors (Lipinski definition) is 2. The van der Waals surface area contributed by atoms with Gasteiger partial charge in [-0.3, -0.25) is 0 Å². The van der Waals surface area contributed by atoms with E-state index in [1.807, 2.05) is 12.1 Å². The molecule has 0 fully saturated rings. The van der Waals surface area contributed by atoms with Gasteiger partial charge in [-0.25, -0.2) is 0 Å². The minimum atomic E-state index is 0.303. The molecule has 0 radical (unpaired) electrons. The molecule has 0 aliphatic heterocycles. The quantitative estimate of drug-likeness (QED) is 0.583. The van der Waals surface area contributed by atoms with Crippen molar-refractivity contribution in [3.05, 3.63) is 29.8 Å². The van der Waals surface area contributed by atoms with Gasteiger partial charge in [0, 0.05) is 12.5 Å². The third kappa shape index (κ3) is 4.49. The molecule has 0 heterocycles. The van der Waals surface area contributed by atoms with Gasteiger partial charge in [0.25, 0.3) is 0 Å². The Labute approximate surface area is 89.5 Å². The Bertz CT molecular complexity index is 246. The summed E-state index contributed by atoms with van der Waals surface area (Å²) in [6.07, 6.45) is 1.78. The predicted octanol–water partition coefficient (Wildman–Crippen LogP) is 2.58. The molecule has 2 nitrogen and oxygen atoms in total. The van der Waals surface area contributed by atoms with Crippen molar-refractivity contribution < 1.29 is 9.84 Å². The number of alkyl halides is 1. The van der Waals surface area contributed by atoms with Crippen LogP contribution in [-0.4, -0.2) is 24.2 Å². The van der Waals surface area contributed by atoms with Gasteiger partial charge in [-0.15, -0.1) is 11.6 Å². The van der Waals surface area contributed by atoms with Crippen molar-refractivity contribution in [1.82, 2.24) is 0 Å². The molecule has 0 saturated carbocycles. The third-order valence-electron chi connectivity index (χ3n) is 1.89. The molecule has 0 bridgehead atoms. The molecule has 1 rings (SSSR count). The third-order valence-corrected chi connectivity index (χ3v) is 2.16. The highest BCUT2D eigenvalue weighted by atomic mass is 35.5. The number of rotatable bonds is 6. The van der Waals surface area contributed by atoms with E-state index in [0.717, 1.165) is 19.4 Å². The second-order valence-corrected chi connectivity index (χ2v) is 3.45. The van der Waals surface area contributed by atoms with Crippen LogP contribution >= 0.6 is 11.6 Å². The monoisotopic (exact) mass is 214 g/mol. The maximum absolute atomic E-state index is 9.05. The molecule has 0 atom stereocenters. The number of hydrogen-bond donors (Lipinski definition) is 1. The highest BCUT2D eigenvalue weighted by Gasteiger charge is 1.93. The zero-order valence-corrected chi connectivity index (χ0v) is 8.83. The molecule has 0 aliphatic carbocycles. The van der Waals surface area contributed by atoms with Crippen LogP contribution in [0.5, 0.6) is 5.75 Å². The van der Waals surface area contributed by atoms with Gasteiger partial charge in [0.05, 0.1) is 6.61 Å². The van der Waals surface area contributed by atoms with Crippen molar-refractivity contribution in [3.8, 4) is 5.75 Å². The minimum Gasteiger partial charge on any atom is -0.508 e. The summed E-state index contributed by atoms with van der Waals surface area (Å²) in [7, 11) is 0. The predicted molar refractivity (Wildman–Crippen MR) is 58.0 cm³/mol. The molecule has 14 heavy (non-hydrogen) atoms. The number of halogens is 1. The molecule has 0 amide bonds. The molecule has 0 unspecified atom stereocenters. The first kappa shape index (κ1) is 11.3. The molecule has 0 aromatic heterocycles. The van der Waals surface area contributed by atoms with Crippen LogP contribution < -0.4 is 0 Å². The Balaban J connectivity index is 2.15.